The van der Waals surface area contributed by atoms with E-state index in [0.717, 1.165) is 24.2 Å². The third kappa shape index (κ3) is 3.83. The van der Waals surface area contributed by atoms with Crippen LogP contribution in [-0.2, 0) is 22.6 Å². The molecule has 1 fully saturated rings. The van der Waals surface area contributed by atoms with Crippen LogP contribution in [0.5, 0.6) is 0 Å². The summed E-state index contributed by atoms with van der Waals surface area (Å²) in [4.78, 5) is 25.0. The van der Waals surface area contributed by atoms with Gasteiger partial charge in [-0.2, -0.15) is 5.10 Å². The molecule has 2 atom stereocenters. The van der Waals surface area contributed by atoms with Crippen molar-refractivity contribution in [1.82, 2.24) is 15.1 Å². The Balaban J connectivity index is 1.89. The van der Waals surface area contributed by atoms with E-state index in [2.05, 4.69) is 17.1 Å². The summed E-state index contributed by atoms with van der Waals surface area (Å²) in [5.41, 5.74) is 1.93. The number of aliphatic carboxylic acids is 1. The molecule has 0 aliphatic heterocycles. The van der Waals surface area contributed by atoms with E-state index in [1.165, 1.54) is 0 Å². The first-order valence-corrected chi connectivity index (χ1v) is 7.52. The van der Waals surface area contributed by atoms with Gasteiger partial charge in [0.15, 0.2) is 0 Å². The molecule has 1 amide bonds. The molecule has 1 aliphatic rings. The minimum atomic E-state index is -0.786. The summed E-state index contributed by atoms with van der Waals surface area (Å²) >= 11 is 0. The summed E-state index contributed by atoms with van der Waals surface area (Å²) in [6, 6.07) is 1.99. The molecule has 1 aromatic heterocycles. The molecule has 0 radical (unpaired) electrons. The summed E-state index contributed by atoms with van der Waals surface area (Å²) in [6.07, 6.45) is 3.70. The molecule has 2 rings (SSSR count). The van der Waals surface area contributed by atoms with Gasteiger partial charge in [0, 0.05) is 13.0 Å². The summed E-state index contributed by atoms with van der Waals surface area (Å²) in [5, 5.41) is 16.2. The van der Waals surface area contributed by atoms with Gasteiger partial charge in [0.2, 0.25) is 5.91 Å². The number of nitrogens with zero attached hydrogens (tertiary/aromatic N) is 2. The third-order valence-electron chi connectivity index (χ3n) is 4.10. The van der Waals surface area contributed by atoms with Gasteiger partial charge >= 0.3 is 5.97 Å². The van der Waals surface area contributed by atoms with E-state index in [0.29, 0.717) is 25.8 Å². The molecular formula is C15H23N3O3. The Bertz CT molecular complexity index is 512. The van der Waals surface area contributed by atoms with Gasteiger partial charge in [-0.1, -0.05) is 13.3 Å². The standard InChI is InChI=1S/C15H23N3O3/c1-3-4-12-8-13(17-16-12)9-18(2)14(19)10-5-6-11(7-10)15(20)21/h8,10-11H,3-7,9H2,1-2H3,(H,16,17)(H,20,21)/t10-,11+/m0/s1. The number of rotatable bonds is 6. The lowest BCUT2D eigenvalue weighted by Gasteiger charge is -2.20. The van der Waals surface area contributed by atoms with Crippen LogP contribution in [0.4, 0.5) is 0 Å². The van der Waals surface area contributed by atoms with Gasteiger partial charge in [0.1, 0.15) is 0 Å². The topological polar surface area (TPSA) is 86.3 Å². The van der Waals surface area contributed by atoms with Crippen LogP contribution in [0.2, 0.25) is 0 Å². The fourth-order valence-corrected chi connectivity index (χ4v) is 2.95. The number of amides is 1. The first kappa shape index (κ1) is 15.5. The van der Waals surface area contributed by atoms with Crippen LogP contribution in [0.1, 0.15) is 44.0 Å². The summed E-state index contributed by atoms with van der Waals surface area (Å²) in [5.74, 6) is -1.28. The van der Waals surface area contributed by atoms with Crippen LogP contribution in [0, 0.1) is 11.8 Å². The van der Waals surface area contributed by atoms with Gasteiger partial charge in [-0.3, -0.25) is 14.7 Å². The highest BCUT2D eigenvalue weighted by Gasteiger charge is 2.35. The Labute approximate surface area is 124 Å². The number of aromatic amines is 1. The molecule has 0 aromatic carbocycles. The zero-order valence-corrected chi connectivity index (χ0v) is 12.6. The highest BCUT2D eigenvalue weighted by Crippen LogP contribution is 2.32. The zero-order chi connectivity index (χ0) is 15.4. The van der Waals surface area contributed by atoms with Crippen LogP contribution < -0.4 is 0 Å². The Morgan fingerprint density at radius 3 is 2.76 bits per heavy atom. The molecule has 21 heavy (non-hydrogen) atoms. The zero-order valence-electron chi connectivity index (χ0n) is 12.6. The van der Waals surface area contributed by atoms with E-state index in [-0.39, 0.29) is 17.7 Å². The second-order valence-corrected chi connectivity index (χ2v) is 5.87. The quantitative estimate of drug-likeness (QED) is 0.837. The normalized spacial score (nSPS) is 21.4. The minimum absolute atomic E-state index is 0.0328. The van der Waals surface area contributed by atoms with Crippen molar-refractivity contribution in [3.05, 3.63) is 17.5 Å². The fourth-order valence-electron chi connectivity index (χ4n) is 2.95. The van der Waals surface area contributed by atoms with Gasteiger partial charge in [0.05, 0.1) is 23.9 Å². The number of H-pyrrole nitrogens is 1. The van der Waals surface area contributed by atoms with Crippen LogP contribution in [0.3, 0.4) is 0 Å². The van der Waals surface area contributed by atoms with E-state index < -0.39 is 5.97 Å². The highest BCUT2D eigenvalue weighted by atomic mass is 16.4. The molecule has 1 heterocycles. The van der Waals surface area contributed by atoms with E-state index in [1.807, 2.05) is 6.07 Å². The Kier molecular flexibility index (Phi) is 4.98. The molecule has 6 heteroatoms. The average Bonchev–Trinajstić information content (AvgIpc) is 3.07. The Morgan fingerprint density at radius 2 is 2.14 bits per heavy atom. The van der Waals surface area contributed by atoms with E-state index in [9.17, 15) is 9.59 Å². The summed E-state index contributed by atoms with van der Waals surface area (Å²) in [7, 11) is 1.76. The number of carbonyl (C=O) groups excluding carboxylic acids is 1. The maximum absolute atomic E-state index is 12.3. The van der Waals surface area contributed by atoms with E-state index >= 15 is 0 Å². The number of carboxylic acids is 1. The molecule has 0 unspecified atom stereocenters. The van der Waals surface area contributed by atoms with Crippen molar-refractivity contribution in [1.29, 1.82) is 0 Å². The monoisotopic (exact) mass is 293 g/mol. The second kappa shape index (κ2) is 6.74. The third-order valence-corrected chi connectivity index (χ3v) is 4.10. The van der Waals surface area contributed by atoms with Crippen molar-refractivity contribution in [2.24, 2.45) is 11.8 Å². The lowest BCUT2D eigenvalue weighted by atomic mass is 10.0. The number of aryl methyl sites for hydroxylation is 1. The fraction of sp³-hybridized carbons (Fsp3) is 0.667. The molecule has 0 saturated heterocycles. The molecule has 2 N–H and O–H groups in total. The van der Waals surface area contributed by atoms with Crippen molar-refractivity contribution in [3.63, 3.8) is 0 Å². The van der Waals surface area contributed by atoms with Crippen molar-refractivity contribution in [3.8, 4) is 0 Å². The Morgan fingerprint density at radius 1 is 1.43 bits per heavy atom. The molecular weight excluding hydrogens is 270 g/mol. The number of carbonyl (C=O) groups is 2. The molecule has 116 valence electrons. The van der Waals surface area contributed by atoms with Crippen LogP contribution in [-0.4, -0.2) is 39.1 Å². The number of hydrogen-bond donors (Lipinski definition) is 2. The molecule has 0 spiro atoms. The van der Waals surface area contributed by atoms with Crippen molar-refractivity contribution in [2.45, 2.75) is 45.6 Å². The number of nitrogens with one attached hydrogen (secondary N) is 1. The molecule has 1 aliphatic carbocycles. The van der Waals surface area contributed by atoms with Gasteiger partial charge in [-0.15, -0.1) is 0 Å². The number of hydrogen-bond acceptors (Lipinski definition) is 3. The molecule has 1 aromatic rings. The van der Waals surface area contributed by atoms with Gasteiger partial charge in [-0.25, -0.2) is 0 Å². The highest BCUT2D eigenvalue weighted by molar-refractivity contribution is 5.80. The van der Waals surface area contributed by atoms with E-state index in [1.54, 1.807) is 11.9 Å². The lowest BCUT2D eigenvalue weighted by molar-refractivity contribution is -0.141. The average molecular weight is 293 g/mol. The van der Waals surface area contributed by atoms with E-state index in [4.69, 9.17) is 5.11 Å². The summed E-state index contributed by atoms with van der Waals surface area (Å²) < 4.78 is 0. The maximum Gasteiger partial charge on any atom is 0.306 e. The number of carboxylic acid groups (broad SMARTS) is 1. The molecule has 0 bridgehead atoms. The largest absolute Gasteiger partial charge is 0.481 e. The first-order valence-electron chi connectivity index (χ1n) is 7.52. The van der Waals surface area contributed by atoms with Crippen LogP contribution in [0.25, 0.3) is 0 Å². The van der Waals surface area contributed by atoms with Crippen molar-refractivity contribution < 1.29 is 14.7 Å². The van der Waals surface area contributed by atoms with Crippen LogP contribution in [0.15, 0.2) is 6.07 Å². The SMILES string of the molecule is CCCc1cc(CN(C)C(=O)[C@H]2CC[C@@H](C(=O)O)C2)[nH]n1. The predicted octanol–water partition coefficient (Wildman–Crippen LogP) is 1.82. The predicted molar refractivity (Wildman–Crippen MR) is 77.5 cm³/mol. The van der Waals surface area contributed by atoms with Crippen molar-refractivity contribution in [2.75, 3.05) is 7.05 Å². The van der Waals surface area contributed by atoms with Gasteiger partial charge in [0.25, 0.3) is 0 Å². The van der Waals surface area contributed by atoms with Gasteiger partial charge < -0.3 is 10.0 Å². The smallest absolute Gasteiger partial charge is 0.306 e. The maximum atomic E-state index is 12.3. The van der Waals surface area contributed by atoms with Crippen molar-refractivity contribution >= 4 is 11.9 Å². The minimum Gasteiger partial charge on any atom is -0.481 e. The second-order valence-electron chi connectivity index (χ2n) is 5.87. The first-order chi connectivity index (χ1) is 10.0. The number of aromatic nitrogens is 2. The molecule has 1 saturated carbocycles. The lowest BCUT2D eigenvalue weighted by Crippen LogP contribution is -2.31. The Hall–Kier alpha value is -1.85. The summed E-state index contributed by atoms with van der Waals surface area (Å²) in [6.45, 7) is 2.59. The van der Waals surface area contributed by atoms with Gasteiger partial charge in [-0.05, 0) is 31.7 Å². The van der Waals surface area contributed by atoms with Crippen LogP contribution >= 0.6 is 0 Å². The molecule has 6 nitrogen and oxygen atoms in total.